The summed E-state index contributed by atoms with van der Waals surface area (Å²) in [6, 6.07) is 7.55. The molecule has 6 heteroatoms. The molecule has 2 rings (SSSR count). The lowest BCUT2D eigenvalue weighted by Crippen LogP contribution is -2.50. The number of benzene rings is 1. The van der Waals surface area contributed by atoms with Crippen molar-refractivity contribution in [3.63, 3.8) is 0 Å². The molecule has 0 amide bonds. The summed E-state index contributed by atoms with van der Waals surface area (Å²) in [4.78, 5) is 0. The Kier molecular flexibility index (Phi) is 5.96. The highest BCUT2D eigenvalue weighted by Gasteiger charge is 2.37. The van der Waals surface area contributed by atoms with E-state index >= 15 is 0 Å². The van der Waals surface area contributed by atoms with Crippen LogP contribution >= 0.6 is 0 Å². The molecule has 1 aromatic carbocycles. The van der Waals surface area contributed by atoms with Crippen molar-refractivity contribution in [1.29, 1.82) is 0 Å². The Morgan fingerprint density at radius 3 is 2.52 bits per heavy atom. The van der Waals surface area contributed by atoms with E-state index in [4.69, 9.17) is 24.1 Å². The molecule has 6 nitrogen and oxygen atoms in total. The summed E-state index contributed by atoms with van der Waals surface area (Å²) in [5.41, 5.74) is 0.990. The van der Waals surface area contributed by atoms with E-state index < -0.39 is 18.5 Å². The number of ether oxygens (including phenoxy) is 4. The minimum Gasteiger partial charge on any atom is -0.497 e. The van der Waals surface area contributed by atoms with Crippen LogP contribution in [0, 0.1) is 0 Å². The highest BCUT2D eigenvalue weighted by molar-refractivity contribution is 5.26. The number of rotatable bonds is 6. The van der Waals surface area contributed by atoms with Crippen LogP contribution in [-0.2, 0) is 20.8 Å². The molecule has 1 aromatic rings. The van der Waals surface area contributed by atoms with Gasteiger partial charge < -0.3 is 29.2 Å². The highest BCUT2D eigenvalue weighted by Crippen LogP contribution is 2.24. The van der Waals surface area contributed by atoms with E-state index in [9.17, 15) is 5.11 Å². The smallest absolute Gasteiger partial charge is 0.184 e. The van der Waals surface area contributed by atoms with Gasteiger partial charge in [0.05, 0.1) is 26.4 Å². The summed E-state index contributed by atoms with van der Waals surface area (Å²) < 4.78 is 21.6. The van der Waals surface area contributed by atoms with Gasteiger partial charge in [0.15, 0.2) is 6.29 Å². The molecule has 0 unspecified atom stereocenters. The first kappa shape index (κ1) is 16.2. The molecule has 2 N–H and O–H groups in total. The number of aliphatic hydroxyl groups excluding tert-OH is 2. The lowest BCUT2D eigenvalue weighted by molar-refractivity contribution is -0.273. The fourth-order valence-corrected chi connectivity index (χ4v) is 2.30. The molecule has 0 radical (unpaired) electrons. The minimum atomic E-state index is -0.762. The number of aliphatic hydroxyl groups is 2. The van der Waals surface area contributed by atoms with Gasteiger partial charge in [-0.2, -0.15) is 0 Å². The van der Waals surface area contributed by atoms with E-state index in [1.54, 1.807) is 7.11 Å². The van der Waals surface area contributed by atoms with Gasteiger partial charge in [-0.25, -0.2) is 0 Å². The molecule has 0 bridgehead atoms. The Labute approximate surface area is 124 Å². The second kappa shape index (κ2) is 7.72. The Morgan fingerprint density at radius 2 is 1.95 bits per heavy atom. The molecule has 1 aliphatic rings. The maximum absolute atomic E-state index is 9.88. The van der Waals surface area contributed by atoms with Gasteiger partial charge >= 0.3 is 0 Å². The van der Waals surface area contributed by atoms with Crippen molar-refractivity contribution in [3.8, 4) is 5.75 Å². The van der Waals surface area contributed by atoms with Crippen LogP contribution in [0.25, 0.3) is 0 Å². The van der Waals surface area contributed by atoms with Gasteiger partial charge in [0.2, 0.25) is 0 Å². The molecule has 0 saturated carbocycles. The van der Waals surface area contributed by atoms with Gasteiger partial charge in [0.1, 0.15) is 18.0 Å². The molecule has 0 aliphatic carbocycles. The van der Waals surface area contributed by atoms with Gasteiger partial charge in [-0.3, -0.25) is 0 Å². The first-order chi connectivity index (χ1) is 10.2. The summed E-state index contributed by atoms with van der Waals surface area (Å²) in [6.45, 7) is 0.140. The maximum atomic E-state index is 9.88. The van der Waals surface area contributed by atoms with Crippen LogP contribution in [-0.4, -0.2) is 55.6 Å². The van der Waals surface area contributed by atoms with Crippen molar-refractivity contribution in [2.24, 2.45) is 0 Å². The Morgan fingerprint density at radius 1 is 1.24 bits per heavy atom. The van der Waals surface area contributed by atoms with Gasteiger partial charge in [0, 0.05) is 13.5 Å². The minimum absolute atomic E-state index is 0.244. The van der Waals surface area contributed by atoms with Gasteiger partial charge in [-0.05, 0) is 17.7 Å². The summed E-state index contributed by atoms with van der Waals surface area (Å²) in [6.07, 6.45) is -2.00. The van der Waals surface area contributed by atoms with E-state index in [1.165, 1.54) is 7.11 Å². The van der Waals surface area contributed by atoms with Crippen molar-refractivity contribution < 1.29 is 29.2 Å². The quantitative estimate of drug-likeness (QED) is 0.805. The van der Waals surface area contributed by atoms with Gasteiger partial charge in [-0.1, -0.05) is 12.1 Å². The van der Waals surface area contributed by atoms with E-state index in [0.29, 0.717) is 13.0 Å². The third-order valence-electron chi connectivity index (χ3n) is 3.55. The summed E-state index contributed by atoms with van der Waals surface area (Å²) >= 11 is 0. The van der Waals surface area contributed by atoms with Crippen LogP contribution in [0.5, 0.6) is 5.75 Å². The lowest BCUT2D eigenvalue weighted by atomic mass is 10.0. The lowest BCUT2D eigenvalue weighted by Gasteiger charge is -2.37. The predicted octanol–water partition coefficient (Wildman–Crippen LogP) is 0.695. The summed E-state index contributed by atoms with van der Waals surface area (Å²) in [5.74, 6) is 0.788. The van der Waals surface area contributed by atoms with Crippen LogP contribution in [0.4, 0.5) is 0 Å². The molecule has 0 aromatic heterocycles. The molecule has 118 valence electrons. The van der Waals surface area contributed by atoms with Crippen LogP contribution in [0.1, 0.15) is 12.0 Å². The number of hydrogen-bond donors (Lipinski definition) is 2. The molecular formula is C15H22O6. The average molecular weight is 298 g/mol. The zero-order valence-electron chi connectivity index (χ0n) is 12.3. The molecule has 0 spiro atoms. The fourth-order valence-electron chi connectivity index (χ4n) is 2.30. The topological polar surface area (TPSA) is 77.4 Å². The summed E-state index contributed by atoms with van der Waals surface area (Å²) in [7, 11) is 3.13. The SMILES string of the molecule is COc1ccc(CO[C@H]2C[C@H](O)[C@@H](CO)O[C@@H]2OC)cc1. The summed E-state index contributed by atoms with van der Waals surface area (Å²) in [5, 5.41) is 19.0. The standard InChI is InChI=1S/C15H22O6/c1-18-11-5-3-10(4-6-11)9-20-13-7-12(17)14(8-16)21-15(13)19-2/h3-6,12-17H,7-9H2,1-2H3/t12-,13-,14+,15-/m0/s1. The zero-order valence-corrected chi connectivity index (χ0v) is 12.3. The van der Waals surface area contributed by atoms with Crippen molar-refractivity contribution in [3.05, 3.63) is 29.8 Å². The predicted molar refractivity (Wildman–Crippen MR) is 75.0 cm³/mol. The van der Waals surface area contributed by atoms with E-state index in [-0.39, 0.29) is 12.7 Å². The Hall–Kier alpha value is -1.18. The van der Waals surface area contributed by atoms with Crippen LogP contribution in [0.15, 0.2) is 24.3 Å². The monoisotopic (exact) mass is 298 g/mol. The molecule has 1 saturated heterocycles. The normalized spacial score (nSPS) is 29.3. The highest BCUT2D eigenvalue weighted by atomic mass is 16.7. The van der Waals surface area contributed by atoms with Crippen molar-refractivity contribution in [1.82, 2.24) is 0 Å². The average Bonchev–Trinajstić information content (AvgIpc) is 2.53. The fraction of sp³-hybridized carbons (Fsp3) is 0.600. The Balaban J connectivity index is 1.91. The third-order valence-corrected chi connectivity index (χ3v) is 3.55. The van der Waals surface area contributed by atoms with Crippen LogP contribution in [0.3, 0.4) is 0 Å². The molecular weight excluding hydrogens is 276 g/mol. The zero-order chi connectivity index (χ0) is 15.2. The van der Waals surface area contributed by atoms with Crippen molar-refractivity contribution >= 4 is 0 Å². The van der Waals surface area contributed by atoms with E-state index in [2.05, 4.69) is 0 Å². The van der Waals surface area contributed by atoms with Crippen LogP contribution < -0.4 is 4.74 Å². The number of hydrogen-bond acceptors (Lipinski definition) is 6. The van der Waals surface area contributed by atoms with E-state index in [0.717, 1.165) is 11.3 Å². The van der Waals surface area contributed by atoms with Gasteiger partial charge in [-0.15, -0.1) is 0 Å². The molecule has 1 heterocycles. The first-order valence-electron chi connectivity index (χ1n) is 6.89. The largest absolute Gasteiger partial charge is 0.497 e. The maximum Gasteiger partial charge on any atom is 0.184 e. The second-order valence-corrected chi connectivity index (χ2v) is 4.96. The number of methoxy groups -OCH3 is 2. The molecule has 4 atom stereocenters. The molecule has 21 heavy (non-hydrogen) atoms. The molecule has 1 aliphatic heterocycles. The van der Waals surface area contributed by atoms with E-state index in [1.807, 2.05) is 24.3 Å². The van der Waals surface area contributed by atoms with Crippen molar-refractivity contribution in [2.45, 2.75) is 37.6 Å². The third kappa shape index (κ3) is 4.15. The van der Waals surface area contributed by atoms with Crippen molar-refractivity contribution in [2.75, 3.05) is 20.8 Å². The Bertz CT molecular complexity index is 421. The first-order valence-corrected chi connectivity index (χ1v) is 6.89. The van der Waals surface area contributed by atoms with Gasteiger partial charge in [0.25, 0.3) is 0 Å². The second-order valence-electron chi connectivity index (χ2n) is 4.96. The van der Waals surface area contributed by atoms with Crippen LogP contribution in [0.2, 0.25) is 0 Å². The molecule has 1 fully saturated rings.